The van der Waals surface area contributed by atoms with Gasteiger partial charge in [-0.3, -0.25) is 9.69 Å². The summed E-state index contributed by atoms with van der Waals surface area (Å²) in [4.78, 5) is 14.2. The SMILES string of the molecule is CC(C(=O)Nc1ccnn1C(C)C)N(C)Cc1c(F)cccc1Cl. The average Bonchev–Trinajstić information content (AvgIpc) is 2.98. The number of nitrogens with zero attached hydrogens (tertiary/aromatic N) is 3. The van der Waals surface area contributed by atoms with Crippen molar-refractivity contribution in [2.75, 3.05) is 12.4 Å². The molecule has 1 N–H and O–H groups in total. The molecule has 0 aliphatic rings. The van der Waals surface area contributed by atoms with Crippen molar-refractivity contribution in [3.8, 4) is 0 Å². The van der Waals surface area contributed by atoms with E-state index in [1.807, 2.05) is 13.8 Å². The number of anilines is 1. The van der Waals surface area contributed by atoms with Crippen LogP contribution in [0.3, 0.4) is 0 Å². The van der Waals surface area contributed by atoms with Crippen molar-refractivity contribution >= 4 is 23.3 Å². The van der Waals surface area contributed by atoms with Crippen LogP contribution in [0.5, 0.6) is 0 Å². The summed E-state index contributed by atoms with van der Waals surface area (Å²) < 4.78 is 15.6. The van der Waals surface area contributed by atoms with Crippen LogP contribution in [0.2, 0.25) is 5.02 Å². The van der Waals surface area contributed by atoms with Gasteiger partial charge in [0.25, 0.3) is 0 Å². The molecule has 24 heavy (non-hydrogen) atoms. The molecule has 130 valence electrons. The van der Waals surface area contributed by atoms with Gasteiger partial charge in [0.1, 0.15) is 11.6 Å². The molecule has 1 aromatic heterocycles. The maximum atomic E-state index is 13.9. The third-order valence-electron chi connectivity index (χ3n) is 3.92. The van der Waals surface area contributed by atoms with Gasteiger partial charge in [-0.2, -0.15) is 5.10 Å². The number of aromatic nitrogens is 2. The Hall–Kier alpha value is -1.92. The molecule has 0 fully saturated rings. The molecule has 0 radical (unpaired) electrons. The molecule has 0 spiro atoms. The number of nitrogens with one attached hydrogen (secondary N) is 1. The second-order valence-electron chi connectivity index (χ2n) is 6.04. The number of rotatable bonds is 6. The molecule has 0 aliphatic heterocycles. The predicted molar refractivity (Wildman–Crippen MR) is 93.6 cm³/mol. The van der Waals surface area contributed by atoms with Crippen LogP contribution in [0.1, 0.15) is 32.4 Å². The van der Waals surface area contributed by atoms with Crippen molar-refractivity contribution in [3.63, 3.8) is 0 Å². The number of likely N-dealkylation sites (N-methyl/N-ethyl adjacent to an activating group) is 1. The minimum absolute atomic E-state index is 0.139. The largest absolute Gasteiger partial charge is 0.310 e. The predicted octanol–water partition coefficient (Wildman–Crippen LogP) is 3.72. The maximum absolute atomic E-state index is 13.9. The maximum Gasteiger partial charge on any atom is 0.242 e. The number of halogens is 2. The Morgan fingerprint density at radius 3 is 2.71 bits per heavy atom. The molecule has 1 unspecified atom stereocenters. The second kappa shape index (κ2) is 7.77. The number of carbonyl (C=O) groups is 1. The van der Waals surface area contributed by atoms with E-state index in [2.05, 4.69) is 10.4 Å². The molecular formula is C17H22ClFN4O. The minimum atomic E-state index is -0.462. The fourth-order valence-corrected chi connectivity index (χ4v) is 2.55. The molecule has 1 heterocycles. The number of carbonyl (C=O) groups excluding carboxylic acids is 1. The molecule has 0 saturated carbocycles. The van der Waals surface area contributed by atoms with E-state index in [0.29, 0.717) is 16.4 Å². The molecule has 7 heteroatoms. The van der Waals surface area contributed by atoms with Gasteiger partial charge < -0.3 is 5.32 Å². The molecule has 2 rings (SSSR count). The van der Waals surface area contributed by atoms with Crippen LogP contribution in [0.25, 0.3) is 0 Å². The van der Waals surface area contributed by atoms with Gasteiger partial charge in [-0.15, -0.1) is 0 Å². The fourth-order valence-electron chi connectivity index (χ4n) is 2.33. The number of hydrogen-bond donors (Lipinski definition) is 1. The molecule has 1 atom stereocenters. The second-order valence-corrected chi connectivity index (χ2v) is 6.44. The smallest absolute Gasteiger partial charge is 0.242 e. The Bertz CT molecular complexity index is 696. The van der Waals surface area contributed by atoms with Crippen molar-refractivity contribution in [2.45, 2.75) is 39.4 Å². The first-order chi connectivity index (χ1) is 11.3. The van der Waals surface area contributed by atoms with E-state index in [1.165, 1.54) is 6.07 Å². The number of hydrogen-bond acceptors (Lipinski definition) is 3. The standard InChI is InChI=1S/C17H22ClFN4O/c1-11(2)23-16(8-9-20-23)21-17(24)12(3)22(4)10-13-14(18)6-5-7-15(13)19/h5-9,11-12H,10H2,1-4H3,(H,21,24). The first-order valence-corrected chi connectivity index (χ1v) is 8.16. The fraction of sp³-hybridized carbons (Fsp3) is 0.412. The van der Waals surface area contributed by atoms with Gasteiger partial charge in [0, 0.05) is 29.2 Å². The quantitative estimate of drug-likeness (QED) is 0.862. The van der Waals surface area contributed by atoms with Gasteiger partial charge in [-0.25, -0.2) is 9.07 Å². The lowest BCUT2D eigenvalue weighted by atomic mass is 10.1. The van der Waals surface area contributed by atoms with Crippen molar-refractivity contribution < 1.29 is 9.18 Å². The van der Waals surface area contributed by atoms with Crippen LogP contribution in [0.15, 0.2) is 30.5 Å². The van der Waals surface area contributed by atoms with Gasteiger partial charge in [-0.1, -0.05) is 17.7 Å². The highest BCUT2D eigenvalue weighted by Gasteiger charge is 2.21. The van der Waals surface area contributed by atoms with Gasteiger partial charge in [0.2, 0.25) is 5.91 Å². The van der Waals surface area contributed by atoms with E-state index in [4.69, 9.17) is 11.6 Å². The summed E-state index contributed by atoms with van der Waals surface area (Å²) in [6.45, 7) is 5.97. The summed E-state index contributed by atoms with van der Waals surface area (Å²) in [6.07, 6.45) is 1.64. The summed E-state index contributed by atoms with van der Waals surface area (Å²) in [5, 5.41) is 7.40. The van der Waals surface area contributed by atoms with Gasteiger partial charge >= 0.3 is 0 Å². The third kappa shape index (κ3) is 4.13. The van der Waals surface area contributed by atoms with E-state index < -0.39 is 6.04 Å². The van der Waals surface area contributed by atoms with E-state index in [9.17, 15) is 9.18 Å². The summed E-state index contributed by atoms with van der Waals surface area (Å²) in [5.41, 5.74) is 0.383. The summed E-state index contributed by atoms with van der Waals surface area (Å²) in [7, 11) is 1.76. The van der Waals surface area contributed by atoms with Gasteiger partial charge in [0.05, 0.1) is 12.2 Å². The molecule has 5 nitrogen and oxygen atoms in total. The zero-order chi connectivity index (χ0) is 17.9. The minimum Gasteiger partial charge on any atom is -0.310 e. The lowest BCUT2D eigenvalue weighted by molar-refractivity contribution is -0.120. The number of amides is 1. The molecule has 0 aliphatic carbocycles. The normalized spacial score (nSPS) is 12.7. The van der Waals surface area contributed by atoms with Crippen molar-refractivity contribution in [1.29, 1.82) is 0 Å². The van der Waals surface area contributed by atoms with E-state index in [0.717, 1.165) is 0 Å². The highest BCUT2D eigenvalue weighted by Crippen LogP contribution is 2.21. The van der Waals surface area contributed by atoms with Gasteiger partial charge in [0.15, 0.2) is 0 Å². The van der Waals surface area contributed by atoms with Crippen LogP contribution in [-0.4, -0.2) is 33.7 Å². The van der Waals surface area contributed by atoms with Crippen LogP contribution in [0, 0.1) is 5.82 Å². The monoisotopic (exact) mass is 352 g/mol. The summed E-state index contributed by atoms with van der Waals surface area (Å²) >= 11 is 6.05. The highest BCUT2D eigenvalue weighted by molar-refractivity contribution is 6.31. The Morgan fingerprint density at radius 2 is 2.08 bits per heavy atom. The first-order valence-electron chi connectivity index (χ1n) is 7.78. The molecule has 0 bridgehead atoms. The Labute approximate surface area is 146 Å². The Morgan fingerprint density at radius 1 is 1.38 bits per heavy atom. The highest BCUT2D eigenvalue weighted by atomic mass is 35.5. The summed E-state index contributed by atoms with van der Waals surface area (Å²) in [6, 6.07) is 5.99. The van der Waals surface area contributed by atoms with E-state index >= 15 is 0 Å². The zero-order valence-electron chi connectivity index (χ0n) is 14.3. The van der Waals surface area contributed by atoms with Crippen LogP contribution >= 0.6 is 11.6 Å². The molecule has 1 aromatic carbocycles. The molecule has 0 saturated heterocycles. The van der Waals surface area contributed by atoms with Crippen LogP contribution in [0.4, 0.5) is 10.2 Å². The first kappa shape index (κ1) is 18.4. The van der Waals surface area contributed by atoms with Crippen LogP contribution in [-0.2, 0) is 11.3 Å². The Kier molecular flexibility index (Phi) is 5.96. The average molecular weight is 353 g/mol. The lowest BCUT2D eigenvalue weighted by Gasteiger charge is -2.25. The van der Waals surface area contributed by atoms with E-state index in [1.54, 1.807) is 47.9 Å². The molecular weight excluding hydrogens is 331 g/mol. The van der Waals surface area contributed by atoms with E-state index in [-0.39, 0.29) is 24.3 Å². The third-order valence-corrected chi connectivity index (χ3v) is 4.27. The zero-order valence-corrected chi connectivity index (χ0v) is 15.0. The van der Waals surface area contributed by atoms with Crippen LogP contribution < -0.4 is 5.32 Å². The summed E-state index contributed by atoms with van der Waals surface area (Å²) in [5.74, 6) is 0.0754. The van der Waals surface area contributed by atoms with Gasteiger partial charge in [-0.05, 0) is 40.0 Å². The Balaban J connectivity index is 2.06. The number of benzene rings is 1. The van der Waals surface area contributed by atoms with Crippen molar-refractivity contribution in [3.05, 3.63) is 46.9 Å². The van der Waals surface area contributed by atoms with Crippen molar-refractivity contribution in [2.24, 2.45) is 0 Å². The molecule has 1 amide bonds. The lowest BCUT2D eigenvalue weighted by Crippen LogP contribution is -2.39. The topological polar surface area (TPSA) is 50.2 Å². The molecule has 2 aromatic rings. The van der Waals surface area contributed by atoms with Crippen molar-refractivity contribution in [1.82, 2.24) is 14.7 Å².